The molecule has 0 saturated heterocycles. The fourth-order valence-electron chi connectivity index (χ4n) is 2.37. The van der Waals surface area contributed by atoms with Crippen LogP contribution in [-0.2, 0) is 0 Å². The van der Waals surface area contributed by atoms with Crippen LogP contribution in [-0.4, -0.2) is 12.6 Å². The van der Waals surface area contributed by atoms with Gasteiger partial charge in [-0.25, -0.2) is 0 Å². The van der Waals surface area contributed by atoms with Gasteiger partial charge in [-0.1, -0.05) is 26.7 Å². The molecule has 1 aliphatic rings. The van der Waals surface area contributed by atoms with E-state index in [1.807, 2.05) is 0 Å². The third-order valence-corrected chi connectivity index (χ3v) is 3.44. The van der Waals surface area contributed by atoms with E-state index in [0.717, 1.165) is 12.5 Å². The number of terminal acetylenes is 1. The summed E-state index contributed by atoms with van der Waals surface area (Å²) in [5, 5.41) is 3.41. The zero-order valence-corrected chi connectivity index (χ0v) is 9.77. The summed E-state index contributed by atoms with van der Waals surface area (Å²) in [5.41, 5.74) is 0.483. The second kappa shape index (κ2) is 4.84. The van der Waals surface area contributed by atoms with Gasteiger partial charge in [0.1, 0.15) is 0 Å². The van der Waals surface area contributed by atoms with Crippen LogP contribution in [0.3, 0.4) is 0 Å². The van der Waals surface area contributed by atoms with Crippen molar-refractivity contribution in [3.05, 3.63) is 0 Å². The van der Waals surface area contributed by atoms with Crippen molar-refractivity contribution in [2.24, 2.45) is 11.3 Å². The van der Waals surface area contributed by atoms with Crippen molar-refractivity contribution in [2.45, 2.75) is 52.5 Å². The van der Waals surface area contributed by atoms with E-state index in [1.54, 1.807) is 0 Å². The minimum Gasteiger partial charge on any atom is -0.303 e. The quantitative estimate of drug-likeness (QED) is 0.665. The highest BCUT2D eigenvalue weighted by atomic mass is 14.9. The van der Waals surface area contributed by atoms with Crippen LogP contribution in [0.5, 0.6) is 0 Å². The predicted molar refractivity (Wildman–Crippen MR) is 62.0 cm³/mol. The number of hydrogen-bond acceptors (Lipinski definition) is 1. The summed E-state index contributed by atoms with van der Waals surface area (Å²) in [4.78, 5) is 0. The molecular weight excluding hydrogens is 170 g/mol. The van der Waals surface area contributed by atoms with Gasteiger partial charge in [0.15, 0.2) is 0 Å². The lowest BCUT2D eigenvalue weighted by Gasteiger charge is -2.37. The molecule has 0 spiro atoms. The van der Waals surface area contributed by atoms with E-state index in [2.05, 4.69) is 32.0 Å². The fraction of sp³-hybridized carbons (Fsp3) is 0.846. The third kappa shape index (κ3) is 3.35. The Morgan fingerprint density at radius 2 is 1.79 bits per heavy atom. The van der Waals surface area contributed by atoms with Crippen molar-refractivity contribution in [3.63, 3.8) is 0 Å². The van der Waals surface area contributed by atoms with Gasteiger partial charge in [-0.15, -0.1) is 6.42 Å². The SMILES string of the molecule is C#CCNC1CCC(C(C)(C)C)CC1. The highest BCUT2D eigenvalue weighted by Gasteiger charge is 2.29. The second-order valence-electron chi connectivity index (χ2n) is 5.50. The minimum absolute atomic E-state index is 0.483. The average Bonchev–Trinajstić information content (AvgIpc) is 2.14. The lowest BCUT2D eigenvalue weighted by molar-refractivity contribution is 0.161. The van der Waals surface area contributed by atoms with Crippen LogP contribution in [0.25, 0.3) is 0 Å². The van der Waals surface area contributed by atoms with Crippen LogP contribution >= 0.6 is 0 Å². The second-order valence-corrected chi connectivity index (χ2v) is 5.50. The topological polar surface area (TPSA) is 12.0 Å². The van der Waals surface area contributed by atoms with E-state index in [0.29, 0.717) is 11.5 Å². The normalized spacial score (nSPS) is 28.4. The average molecular weight is 193 g/mol. The van der Waals surface area contributed by atoms with E-state index < -0.39 is 0 Å². The molecule has 0 amide bonds. The highest BCUT2D eigenvalue weighted by Crippen LogP contribution is 2.37. The molecule has 0 aromatic heterocycles. The molecule has 0 aromatic rings. The van der Waals surface area contributed by atoms with Gasteiger partial charge in [-0.2, -0.15) is 0 Å². The number of nitrogens with one attached hydrogen (secondary N) is 1. The van der Waals surface area contributed by atoms with Crippen molar-refractivity contribution in [2.75, 3.05) is 6.54 Å². The molecule has 80 valence electrons. The maximum absolute atomic E-state index is 5.23. The first-order chi connectivity index (χ1) is 6.54. The molecule has 1 N–H and O–H groups in total. The Hall–Kier alpha value is -0.480. The molecule has 1 aliphatic carbocycles. The van der Waals surface area contributed by atoms with Crippen LogP contribution in [0.2, 0.25) is 0 Å². The summed E-state index contributed by atoms with van der Waals surface area (Å²) < 4.78 is 0. The highest BCUT2D eigenvalue weighted by molar-refractivity contribution is 4.90. The van der Waals surface area contributed by atoms with Gasteiger partial charge in [-0.3, -0.25) is 0 Å². The molecule has 0 unspecified atom stereocenters. The standard InChI is InChI=1S/C13H23N/c1-5-10-14-12-8-6-11(7-9-12)13(2,3)4/h1,11-12,14H,6-10H2,2-4H3. The molecule has 0 aliphatic heterocycles. The van der Waals surface area contributed by atoms with Crippen LogP contribution < -0.4 is 5.32 Å². The van der Waals surface area contributed by atoms with E-state index in [9.17, 15) is 0 Å². The molecule has 0 aromatic carbocycles. The van der Waals surface area contributed by atoms with Crippen molar-refractivity contribution < 1.29 is 0 Å². The van der Waals surface area contributed by atoms with Crippen LogP contribution in [0.15, 0.2) is 0 Å². The third-order valence-electron chi connectivity index (χ3n) is 3.44. The Bertz CT molecular complexity index is 198. The molecule has 1 saturated carbocycles. The van der Waals surface area contributed by atoms with E-state index in [4.69, 9.17) is 6.42 Å². The Morgan fingerprint density at radius 1 is 1.21 bits per heavy atom. The van der Waals surface area contributed by atoms with E-state index in [1.165, 1.54) is 25.7 Å². The van der Waals surface area contributed by atoms with Gasteiger partial charge in [0.25, 0.3) is 0 Å². The zero-order chi connectivity index (χ0) is 10.6. The molecule has 0 radical (unpaired) electrons. The summed E-state index contributed by atoms with van der Waals surface area (Å²) in [5.74, 6) is 3.54. The lowest BCUT2D eigenvalue weighted by Crippen LogP contribution is -2.36. The number of rotatable bonds is 2. The van der Waals surface area contributed by atoms with Gasteiger partial charge in [0.05, 0.1) is 6.54 Å². The Balaban J connectivity index is 2.29. The van der Waals surface area contributed by atoms with Gasteiger partial charge >= 0.3 is 0 Å². The van der Waals surface area contributed by atoms with Gasteiger partial charge in [0.2, 0.25) is 0 Å². The predicted octanol–water partition coefficient (Wildman–Crippen LogP) is 2.81. The minimum atomic E-state index is 0.483. The summed E-state index contributed by atoms with van der Waals surface area (Å²) in [6, 6.07) is 0.671. The van der Waals surface area contributed by atoms with Crippen molar-refractivity contribution >= 4 is 0 Å². The van der Waals surface area contributed by atoms with Crippen molar-refractivity contribution in [1.29, 1.82) is 0 Å². The van der Waals surface area contributed by atoms with Crippen LogP contribution in [0.1, 0.15) is 46.5 Å². The molecule has 14 heavy (non-hydrogen) atoms. The van der Waals surface area contributed by atoms with Gasteiger partial charge in [0, 0.05) is 6.04 Å². The van der Waals surface area contributed by atoms with Gasteiger partial charge in [-0.05, 0) is 37.0 Å². The fourth-order valence-corrected chi connectivity index (χ4v) is 2.37. The number of hydrogen-bond donors (Lipinski definition) is 1. The molecule has 1 nitrogen and oxygen atoms in total. The summed E-state index contributed by atoms with van der Waals surface area (Å²) in [6.45, 7) is 7.79. The molecule has 1 heteroatoms. The lowest BCUT2D eigenvalue weighted by atomic mass is 9.71. The summed E-state index contributed by atoms with van der Waals surface area (Å²) in [6.07, 6.45) is 10.5. The molecular formula is C13H23N. The van der Waals surface area contributed by atoms with E-state index in [-0.39, 0.29) is 0 Å². The summed E-state index contributed by atoms with van der Waals surface area (Å²) >= 11 is 0. The van der Waals surface area contributed by atoms with Crippen LogP contribution in [0.4, 0.5) is 0 Å². The maximum atomic E-state index is 5.23. The first-order valence-corrected chi connectivity index (χ1v) is 5.71. The molecule has 0 bridgehead atoms. The first kappa shape index (κ1) is 11.6. The molecule has 0 atom stereocenters. The molecule has 1 fully saturated rings. The maximum Gasteiger partial charge on any atom is 0.0575 e. The van der Waals surface area contributed by atoms with Crippen LogP contribution in [0, 0.1) is 23.7 Å². The van der Waals surface area contributed by atoms with Crippen molar-refractivity contribution in [1.82, 2.24) is 5.32 Å². The van der Waals surface area contributed by atoms with Crippen molar-refractivity contribution in [3.8, 4) is 12.3 Å². The Kier molecular flexibility index (Phi) is 4.01. The summed E-state index contributed by atoms with van der Waals surface area (Å²) in [7, 11) is 0. The monoisotopic (exact) mass is 193 g/mol. The van der Waals surface area contributed by atoms with Gasteiger partial charge < -0.3 is 5.32 Å². The zero-order valence-electron chi connectivity index (χ0n) is 9.77. The smallest absolute Gasteiger partial charge is 0.0575 e. The van der Waals surface area contributed by atoms with E-state index >= 15 is 0 Å². The first-order valence-electron chi connectivity index (χ1n) is 5.71. The Morgan fingerprint density at radius 3 is 2.21 bits per heavy atom. The molecule has 1 rings (SSSR count). The Labute approximate surface area is 88.7 Å². The molecule has 0 heterocycles. The largest absolute Gasteiger partial charge is 0.303 e.